The predicted molar refractivity (Wildman–Crippen MR) is 76.5 cm³/mol. The average molecular weight is 252 g/mol. The minimum Gasteiger partial charge on any atom is -0.323 e. The van der Waals surface area contributed by atoms with E-state index in [1.54, 1.807) is 11.1 Å². The Bertz CT molecular complexity index is 253. The zero-order valence-electron chi connectivity index (χ0n) is 11.9. The lowest BCUT2D eigenvalue weighted by molar-refractivity contribution is 0.201. The molecular formula is C15H28N2O. The third-order valence-electron chi connectivity index (χ3n) is 3.63. The van der Waals surface area contributed by atoms with Gasteiger partial charge in [-0.05, 0) is 6.42 Å². The summed E-state index contributed by atoms with van der Waals surface area (Å²) < 4.78 is 0. The summed E-state index contributed by atoms with van der Waals surface area (Å²) >= 11 is 0. The second-order valence-corrected chi connectivity index (χ2v) is 5.12. The van der Waals surface area contributed by atoms with E-state index in [0.29, 0.717) is 0 Å². The van der Waals surface area contributed by atoms with Gasteiger partial charge in [-0.25, -0.2) is 4.79 Å². The fourth-order valence-electron chi connectivity index (χ4n) is 2.41. The summed E-state index contributed by atoms with van der Waals surface area (Å²) in [6, 6.07) is 0.132. The highest BCUT2D eigenvalue weighted by Crippen LogP contribution is 2.12. The molecule has 0 radical (unpaired) electrons. The Kier molecular flexibility index (Phi) is 7.54. The molecule has 0 bridgehead atoms. The maximum atomic E-state index is 11.8. The molecule has 1 fully saturated rings. The molecule has 0 N–H and O–H groups in total. The summed E-state index contributed by atoms with van der Waals surface area (Å²) in [5, 5.41) is 0. The first-order valence-corrected chi connectivity index (χ1v) is 7.47. The molecule has 0 saturated carbocycles. The molecular weight excluding hydrogens is 224 g/mol. The summed E-state index contributed by atoms with van der Waals surface area (Å²) in [6.45, 7) is 8.48. The van der Waals surface area contributed by atoms with Crippen LogP contribution in [-0.2, 0) is 0 Å². The Morgan fingerprint density at radius 3 is 2.22 bits per heavy atom. The number of unbranched alkanes of at least 4 members (excludes halogenated alkanes) is 7. The number of nitrogens with zero attached hydrogens (tertiary/aromatic N) is 2. The Morgan fingerprint density at radius 1 is 1.06 bits per heavy atom. The average Bonchev–Trinajstić information content (AvgIpc) is 2.73. The zero-order chi connectivity index (χ0) is 13.2. The summed E-state index contributed by atoms with van der Waals surface area (Å²) in [6.07, 6.45) is 12.2. The minimum atomic E-state index is 0.132. The van der Waals surface area contributed by atoms with Gasteiger partial charge in [0.05, 0.1) is 0 Å². The van der Waals surface area contributed by atoms with E-state index in [4.69, 9.17) is 0 Å². The maximum Gasteiger partial charge on any atom is 0.324 e. The lowest BCUT2D eigenvalue weighted by Gasteiger charge is -2.15. The standard InChI is InChI=1S/C15H28N2O/c1-3-5-6-7-8-9-10-11-12-17-14-13-16(4-2)15(17)18/h4H,2-3,5-14H2,1H3. The van der Waals surface area contributed by atoms with Crippen molar-refractivity contribution in [3.05, 3.63) is 12.8 Å². The number of carbonyl (C=O) groups excluding carboxylic acids is 1. The van der Waals surface area contributed by atoms with Gasteiger partial charge in [-0.3, -0.25) is 4.90 Å². The molecule has 0 aromatic carbocycles. The van der Waals surface area contributed by atoms with Crippen molar-refractivity contribution >= 4 is 6.03 Å². The molecule has 0 aromatic rings. The Balaban J connectivity index is 1.95. The topological polar surface area (TPSA) is 23.6 Å². The number of rotatable bonds is 10. The second-order valence-electron chi connectivity index (χ2n) is 5.12. The maximum absolute atomic E-state index is 11.8. The number of urea groups is 1. The SMILES string of the molecule is C=CN1CCN(CCCCCCCCCC)C1=O. The molecule has 3 nitrogen and oxygen atoms in total. The molecule has 104 valence electrons. The van der Waals surface area contributed by atoms with Gasteiger partial charge in [0.15, 0.2) is 0 Å². The molecule has 3 heteroatoms. The highest BCUT2D eigenvalue weighted by Gasteiger charge is 2.25. The van der Waals surface area contributed by atoms with Crippen molar-refractivity contribution < 1.29 is 4.79 Å². The van der Waals surface area contributed by atoms with Crippen LogP contribution in [0.15, 0.2) is 12.8 Å². The van der Waals surface area contributed by atoms with Crippen molar-refractivity contribution in [3.63, 3.8) is 0 Å². The summed E-state index contributed by atoms with van der Waals surface area (Å²) in [5.74, 6) is 0. The predicted octanol–water partition coefficient (Wildman–Crippen LogP) is 4.01. The van der Waals surface area contributed by atoms with E-state index in [9.17, 15) is 4.79 Å². The smallest absolute Gasteiger partial charge is 0.323 e. The summed E-state index contributed by atoms with van der Waals surface area (Å²) in [5.41, 5.74) is 0. The quantitative estimate of drug-likeness (QED) is 0.539. The van der Waals surface area contributed by atoms with Crippen LogP contribution in [0.5, 0.6) is 0 Å². The van der Waals surface area contributed by atoms with E-state index in [-0.39, 0.29) is 6.03 Å². The molecule has 1 rings (SSSR count). The summed E-state index contributed by atoms with van der Waals surface area (Å²) in [7, 11) is 0. The number of carbonyl (C=O) groups is 1. The van der Waals surface area contributed by atoms with E-state index >= 15 is 0 Å². The van der Waals surface area contributed by atoms with Gasteiger partial charge in [-0.2, -0.15) is 0 Å². The van der Waals surface area contributed by atoms with Crippen LogP contribution in [-0.4, -0.2) is 35.5 Å². The van der Waals surface area contributed by atoms with E-state index in [0.717, 1.165) is 26.1 Å². The van der Waals surface area contributed by atoms with Gasteiger partial charge in [-0.15, -0.1) is 0 Å². The molecule has 2 amide bonds. The van der Waals surface area contributed by atoms with Gasteiger partial charge in [0, 0.05) is 25.8 Å². The molecule has 0 spiro atoms. The third-order valence-corrected chi connectivity index (χ3v) is 3.63. The van der Waals surface area contributed by atoms with Gasteiger partial charge in [0.1, 0.15) is 0 Å². The first-order valence-electron chi connectivity index (χ1n) is 7.47. The van der Waals surface area contributed by atoms with Gasteiger partial charge >= 0.3 is 6.03 Å². The number of hydrogen-bond acceptors (Lipinski definition) is 1. The van der Waals surface area contributed by atoms with Gasteiger partial charge in [0.2, 0.25) is 0 Å². The molecule has 18 heavy (non-hydrogen) atoms. The molecule has 0 unspecified atom stereocenters. The van der Waals surface area contributed by atoms with Gasteiger partial charge in [0.25, 0.3) is 0 Å². The molecule has 0 atom stereocenters. The van der Waals surface area contributed by atoms with E-state index in [2.05, 4.69) is 13.5 Å². The fourth-order valence-corrected chi connectivity index (χ4v) is 2.41. The van der Waals surface area contributed by atoms with Crippen LogP contribution in [0.4, 0.5) is 4.79 Å². The first-order chi connectivity index (χ1) is 8.79. The van der Waals surface area contributed by atoms with Crippen LogP contribution in [0.2, 0.25) is 0 Å². The molecule has 1 heterocycles. The van der Waals surface area contributed by atoms with Crippen molar-refractivity contribution in [1.82, 2.24) is 9.80 Å². The molecule has 1 aliphatic rings. The molecule has 0 aliphatic carbocycles. The van der Waals surface area contributed by atoms with Crippen LogP contribution >= 0.6 is 0 Å². The Hall–Kier alpha value is -0.990. The molecule has 0 aromatic heterocycles. The lowest BCUT2D eigenvalue weighted by Crippen LogP contribution is -2.29. The van der Waals surface area contributed by atoms with Crippen LogP contribution in [0.25, 0.3) is 0 Å². The highest BCUT2D eigenvalue weighted by molar-refractivity contribution is 5.77. The fraction of sp³-hybridized carbons (Fsp3) is 0.800. The van der Waals surface area contributed by atoms with Crippen LogP contribution in [0, 0.1) is 0 Å². The lowest BCUT2D eigenvalue weighted by atomic mass is 10.1. The second kappa shape index (κ2) is 9.01. The Labute approximate surface area is 112 Å². The molecule has 1 saturated heterocycles. The van der Waals surface area contributed by atoms with Crippen molar-refractivity contribution in [3.8, 4) is 0 Å². The van der Waals surface area contributed by atoms with Crippen molar-refractivity contribution in [2.45, 2.75) is 58.3 Å². The van der Waals surface area contributed by atoms with Crippen LogP contribution in [0.1, 0.15) is 58.3 Å². The van der Waals surface area contributed by atoms with Crippen molar-refractivity contribution in [2.75, 3.05) is 19.6 Å². The molecule has 1 aliphatic heterocycles. The van der Waals surface area contributed by atoms with E-state index in [1.165, 1.54) is 44.9 Å². The van der Waals surface area contributed by atoms with Crippen LogP contribution in [0.3, 0.4) is 0 Å². The van der Waals surface area contributed by atoms with Crippen LogP contribution < -0.4 is 0 Å². The monoisotopic (exact) mass is 252 g/mol. The number of hydrogen-bond donors (Lipinski definition) is 0. The Morgan fingerprint density at radius 2 is 1.67 bits per heavy atom. The van der Waals surface area contributed by atoms with Gasteiger partial charge < -0.3 is 4.90 Å². The zero-order valence-corrected chi connectivity index (χ0v) is 11.9. The van der Waals surface area contributed by atoms with Gasteiger partial charge in [-0.1, -0.05) is 58.4 Å². The summed E-state index contributed by atoms with van der Waals surface area (Å²) in [4.78, 5) is 15.4. The largest absolute Gasteiger partial charge is 0.324 e. The normalized spacial score (nSPS) is 15.5. The highest BCUT2D eigenvalue weighted by atomic mass is 16.2. The number of amides is 2. The van der Waals surface area contributed by atoms with Crippen molar-refractivity contribution in [1.29, 1.82) is 0 Å². The van der Waals surface area contributed by atoms with E-state index in [1.807, 2.05) is 4.90 Å². The van der Waals surface area contributed by atoms with Crippen molar-refractivity contribution in [2.24, 2.45) is 0 Å². The minimum absolute atomic E-state index is 0.132. The first kappa shape index (κ1) is 15.1. The van der Waals surface area contributed by atoms with E-state index < -0.39 is 0 Å². The third kappa shape index (κ3) is 5.11.